The summed E-state index contributed by atoms with van der Waals surface area (Å²) in [4.78, 5) is 0. The number of allylic oxidation sites excluding steroid dienone is 2. The first-order valence-corrected chi connectivity index (χ1v) is 4.82. The Morgan fingerprint density at radius 2 is 2.25 bits per heavy atom. The summed E-state index contributed by atoms with van der Waals surface area (Å²) in [6.45, 7) is 7.04. The zero-order valence-electron chi connectivity index (χ0n) is 7.97. The van der Waals surface area contributed by atoms with Gasteiger partial charge in [-0.15, -0.1) is 0 Å². The van der Waals surface area contributed by atoms with Gasteiger partial charge in [0.1, 0.15) is 0 Å². The molecular weight excluding hydrogens is 146 g/mol. The van der Waals surface area contributed by atoms with Crippen LogP contribution >= 0.6 is 0 Å². The van der Waals surface area contributed by atoms with Crippen LogP contribution in [-0.4, -0.2) is 12.6 Å². The van der Waals surface area contributed by atoms with Crippen molar-refractivity contribution >= 4 is 0 Å². The molecule has 0 aliphatic heterocycles. The van der Waals surface area contributed by atoms with E-state index < -0.39 is 0 Å². The SMILES string of the molecule is C=C(C)CC=CCCNC1CC1. The predicted molar refractivity (Wildman–Crippen MR) is 54.2 cm³/mol. The third-order valence-electron chi connectivity index (χ3n) is 1.95. The first-order chi connectivity index (χ1) is 5.79. The molecule has 0 aromatic carbocycles. The van der Waals surface area contributed by atoms with E-state index in [-0.39, 0.29) is 0 Å². The Labute approximate surface area is 75.6 Å². The highest BCUT2D eigenvalue weighted by atomic mass is 14.9. The van der Waals surface area contributed by atoms with Crippen LogP contribution in [0.1, 0.15) is 32.6 Å². The largest absolute Gasteiger partial charge is 0.314 e. The molecule has 1 nitrogen and oxygen atoms in total. The van der Waals surface area contributed by atoms with Crippen LogP contribution in [0.5, 0.6) is 0 Å². The van der Waals surface area contributed by atoms with Gasteiger partial charge >= 0.3 is 0 Å². The Balaban J connectivity index is 1.86. The molecule has 0 spiro atoms. The molecule has 0 heterocycles. The lowest BCUT2D eigenvalue weighted by Gasteiger charge is -1.97. The number of hydrogen-bond donors (Lipinski definition) is 1. The Hall–Kier alpha value is -0.560. The van der Waals surface area contributed by atoms with E-state index in [1.54, 1.807) is 0 Å². The summed E-state index contributed by atoms with van der Waals surface area (Å²) in [5, 5.41) is 3.47. The lowest BCUT2D eigenvalue weighted by molar-refractivity contribution is 0.690. The third kappa shape index (κ3) is 5.14. The summed E-state index contributed by atoms with van der Waals surface area (Å²) in [5.74, 6) is 0. The Morgan fingerprint density at radius 1 is 1.50 bits per heavy atom. The van der Waals surface area contributed by atoms with Crippen molar-refractivity contribution in [2.75, 3.05) is 6.54 Å². The van der Waals surface area contributed by atoms with Gasteiger partial charge in [-0.25, -0.2) is 0 Å². The topological polar surface area (TPSA) is 12.0 Å². The van der Waals surface area contributed by atoms with Crippen LogP contribution in [0.25, 0.3) is 0 Å². The van der Waals surface area contributed by atoms with Gasteiger partial charge in [-0.3, -0.25) is 0 Å². The second kappa shape index (κ2) is 5.15. The van der Waals surface area contributed by atoms with Gasteiger partial charge in [-0.2, -0.15) is 0 Å². The zero-order chi connectivity index (χ0) is 8.81. The minimum Gasteiger partial charge on any atom is -0.314 e. The molecule has 0 saturated heterocycles. The molecule has 1 rings (SSSR count). The molecule has 0 atom stereocenters. The highest BCUT2D eigenvalue weighted by Gasteiger charge is 2.18. The van der Waals surface area contributed by atoms with E-state index in [1.807, 2.05) is 0 Å². The lowest BCUT2D eigenvalue weighted by atomic mass is 10.2. The molecule has 1 fully saturated rings. The van der Waals surface area contributed by atoms with Gasteiger partial charge in [0.25, 0.3) is 0 Å². The monoisotopic (exact) mass is 165 g/mol. The van der Waals surface area contributed by atoms with Crippen LogP contribution < -0.4 is 5.32 Å². The summed E-state index contributed by atoms with van der Waals surface area (Å²) in [7, 11) is 0. The van der Waals surface area contributed by atoms with Crippen LogP contribution in [0, 0.1) is 0 Å². The summed E-state index contributed by atoms with van der Waals surface area (Å²) in [5.41, 5.74) is 1.24. The number of hydrogen-bond acceptors (Lipinski definition) is 1. The lowest BCUT2D eigenvalue weighted by Crippen LogP contribution is -2.16. The summed E-state index contributed by atoms with van der Waals surface area (Å²) in [6.07, 6.45) is 9.40. The van der Waals surface area contributed by atoms with E-state index in [0.717, 1.165) is 25.4 Å². The molecule has 68 valence electrons. The molecule has 0 aromatic heterocycles. The maximum Gasteiger partial charge on any atom is 0.00683 e. The third-order valence-corrected chi connectivity index (χ3v) is 1.95. The molecule has 1 aliphatic carbocycles. The highest BCUT2D eigenvalue weighted by molar-refractivity contribution is 4.98. The van der Waals surface area contributed by atoms with Gasteiger partial charge in [0.2, 0.25) is 0 Å². The fourth-order valence-corrected chi connectivity index (χ4v) is 1.06. The molecular formula is C11H19N. The minimum absolute atomic E-state index is 0.847. The van der Waals surface area contributed by atoms with Gasteiger partial charge in [-0.1, -0.05) is 24.3 Å². The fourth-order valence-electron chi connectivity index (χ4n) is 1.06. The maximum atomic E-state index is 3.84. The Kier molecular flexibility index (Phi) is 4.09. The van der Waals surface area contributed by atoms with Gasteiger partial charge in [0.05, 0.1) is 0 Å². The Bertz CT molecular complexity index is 166. The molecule has 0 aromatic rings. The molecule has 1 N–H and O–H groups in total. The summed E-state index contributed by atoms with van der Waals surface area (Å²) >= 11 is 0. The van der Waals surface area contributed by atoms with E-state index in [1.165, 1.54) is 18.4 Å². The normalized spacial score (nSPS) is 17.1. The minimum atomic E-state index is 0.847. The van der Waals surface area contributed by atoms with Crippen LogP contribution in [0.4, 0.5) is 0 Å². The number of rotatable bonds is 6. The van der Waals surface area contributed by atoms with E-state index in [4.69, 9.17) is 0 Å². The molecule has 0 bridgehead atoms. The molecule has 0 radical (unpaired) electrons. The second-order valence-electron chi connectivity index (χ2n) is 3.65. The van der Waals surface area contributed by atoms with E-state index in [2.05, 4.69) is 31.0 Å². The molecule has 1 saturated carbocycles. The van der Waals surface area contributed by atoms with Crippen molar-refractivity contribution in [3.63, 3.8) is 0 Å². The van der Waals surface area contributed by atoms with Gasteiger partial charge in [0, 0.05) is 6.04 Å². The number of nitrogens with one attached hydrogen (secondary N) is 1. The van der Waals surface area contributed by atoms with Crippen LogP contribution in [0.3, 0.4) is 0 Å². The van der Waals surface area contributed by atoms with Crippen LogP contribution in [0.2, 0.25) is 0 Å². The van der Waals surface area contributed by atoms with E-state index in [0.29, 0.717) is 0 Å². The average molecular weight is 165 g/mol. The first-order valence-electron chi connectivity index (χ1n) is 4.82. The fraction of sp³-hybridized carbons (Fsp3) is 0.636. The molecule has 1 aliphatic rings. The molecule has 0 amide bonds. The van der Waals surface area contributed by atoms with Crippen molar-refractivity contribution in [2.45, 2.75) is 38.6 Å². The quantitative estimate of drug-likeness (QED) is 0.471. The van der Waals surface area contributed by atoms with E-state index >= 15 is 0 Å². The van der Waals surface area contributed by atoms with Crippen molar-refractivity contribution in [1.82, 2.24) is 5.32 Å². The predicted octanol–water partition coefficient (Wildman–Crippen LogP) is 2.65. The van der Waals surface area contributed by atoms with Gasteiger partial charge in [0.15, 0.2) is 0 Å². The summed E-state index contributed by atoms with van der Waals surface area (Å²) in [6, 6.07) is 0.847. The molecule has 1 heteroatoms. The maximum absolute atomic E-state index is 3.84. The van der Waals surface area contributed by atoms with Crippen molar-refractivity contribution in [2.24, 2.45) is 0 Å². The van der Waals surface area contributed by atoms with Gasteiger partial charge < -0.3 is 5.32 Å². The second-order valence-corrected chi connectivity index (χ2v) is 3.65. The smallest absolute Gasteiger partial charge is 0.00683 e. The standard InChI is InChI=1S/C11H19N/c1-10(2)6-4-3-5-9-12-11-7-8-11/h3-4,11-12H,1,5-9H2,2H3. The van der Waals surface area contributed by atoms with Crippen molar-refractivity contribution < 1.29 is 0 Å². The van der Waals surface area contributed by atoms with Crippen LogP contribution in [0.15, 0.2) is 24.3 Å². The summed E-state index contributed by atoms with van der Waals surface area (Å²) < 4.78 is 0. The molecule has 12 heavy (non-hydrogen) atoms. The highest BCUT2D eigenvalue weighted by Crippen LogP contribution is 2.18. The van der Waals surface area contributed by atoms with Crippen molar-refractivity contribution in [1.29, 1.82) is 0 Å². The van der Waals surface area contributed by atoms with Crippen molar-refractivity contribution in [3.05, 3.63) is 24.3 Å². The Morgan fingerprint density at radius 3 is 2.83 bits per heavy atom. The van der Waals surface area contributed by atoms with Crippen LogP contribution in [-0.2, 0) is 0 Å². The average Bonchev–Trinajstić information content (AvgIpc) is 2.79. The van der Waals surface area contributed by atoms with Crippen molar-refractivity contribution in [3.8, 4) is 0 Å². The zero-order valence-corrected chi connectivity index (χ0v) is 7.97. The van der Waals surface area contributed by atoms with Gasteiger partial charge in [-0.05, 0) is 39.2 Å². The first kappa shape index (κ1) is 9.53. The van der Waals surface area contributed by atoms with E-state index in [9.17, 15) is 0 Å². The molecule has 0 unspecified atom stereocenters.